The Balaban J connectivity index is 2.91. The molecule has 0 heterocycles. The lowest BCUT2D eigenvalue weighted by atomic mass is 10.4. The molecule has 0 saturated heterocycles. The van der Waals surface area contributed by atoms with Gasteiger partial charge in [0.1, 0.15) is 0 Å². The molecule has 0 radical (unpaired) electrons. The summed E-state index contributed by atoms with van der Waals surface area (Å²) in [6.07, 6.45) is 1.78. The van der Waals surface area contributed by atoms with Crippen LogP contribution < -0.4 is 11.1 Å². The maximum absolute atomic E-state index is 10.3. The quantitative estimate of drug-likeness (QED) is 0.493. The number of nitrogens with two attached hydrogens (primary N) is 1. The highest BCUT2D eigenvalue weighted by molar-refractivity contribution is 5.71. The van der Waals surface area contributed by atoms with Crippen LogP contribution in [0.25, 0.3) is 0 Å². The molecule has 0 aromatic carbocycles. The summed E-state index contributed by atoms with van der Waals surface area (Å²) in [7, 11) is 0. The minimum absolute atomic E-state index is 0.500. The van der Waals surface area contributed by atoms with Gasteiger partial charge in [-0.2, -0.15) is 0 Å². The van der Waals surface area contributed by atoms with Crippen molar-refractivity contribution in [2.24, 2.45) is 5.73 Å². The highest BCUT2D eigenvalue weighted by Crippen LogP contribution is 1.84. The summed E-state index contributed by atoms with van der Waals surface area (Å²) in [6.45, 7) is 6.36. The second kappa shape index (κ2) is 13.2. The number of primary amides is 1. The number of hydrogen-bond acceptors (Lipinski definition) is 4. The lowest BCUT2D eigenvalue weighted by molar-refractivity contribution is 0.0144. The fourth-order valence-electron chi connectivity index (χ4n) is 1.07. The van der Waals surface area contributed by atoms with E-state index in [2.05, 4.69) is 12.2 Å². The minimum Gasteiger partial charge on any atom is -0.379 e. The Morgan fingerprint density at radius 1 is 1.00 bits per heavy atom. The maximum Gasteiger partial charge on any atom is 0.312 e. The van der Waals surface area contributed by atoms with Crippen LogP contribution in [0.1, 0.15) is 19.8 Å². The molecular formula is C11H24N2O4. The van der Waals surface area contributed by atoms with Gasteiger partial charge in [-0.1, -0.05) is 6.92 Å². The number of hydrogen-bond donors (Lipinski definition) is 2. The molecule has 0 spiro atoms. The monoisotopic (exact) mass is 248 g/mol. The van der Waals surface area contributed by atoms with Crippen molar-refractivity contribution >= 4 is 6.03 Å². The van der Waals surface area contributed by atoms with E-state index >= 15 is 0 Å². The van der Waals surface area contributed by atoms with Crippen LogP contribution in [0.15, 0.2) is 0 Å². The van der Waals surface area contributed by atoms with E-state index in [1.807, 2.05) is 0 Å². The third-order valence-corrected chi connectivity index (χ3v) is 1.86. The van der Waals surface area contributed by atoms with Crippen molar-refractivity contribution < 1.29 is 19.0 Å². The van der Waals surface area contributed by atoms with Gasteiger partial charge in [0.15, 0.2) is 0 Å². The van der Waals surface area contributed by atoms with Crippen LogP contribution in [0.5, 0.6) is 0 Å². The van der Waals surface area contributed by atoms with E-state index in [1.165, 1.54) is 0 Å². The van der Waals surface area contributed by atoms with Crippen molar-refractivity contribution in [2.75, 3.05) is 46.2 Å². The Morgan fingerprint density at radius 2 is 1.53 bits per heavy atom. The molecule has 0 unspecified atom stereocenters. The van der Waals surface area contributed by atoms with E-state index in [4.69, 9.17) is 19.9 Å². The number of amides is 2. The topological polar surface area (TPSA) is 82.8 Å². The van der Waals surface area contributed by atoms with Crippen LogP contribution >= 0.6 is 0 Å². The summed E-state index contributed by atoms with van der Waals surface area (Å²) in [5, 5.41) is 2.49. The van der Waals surface area contributed by atoms with Crippen LogP contribution in [-0.2, 0) is 14.2 Å². The van der Waals surface area contributed by atoms with Crippen LogP contribution in [0.3, 0.4) is 0 Å². The van der Waals surface area contributed by atoms with Gasteiger partial charge in [-0.05, 0) is 12.8 Å². The third kappa shape index (κ3) is 15.1. The van der Waals surface area contributed by atoms with Crippen molar-refractivity contribution in [1.82, 2.24) is 5.32 Å². The highest BCUT2D eigenvalue weighted by Gasteiger charge is 1.93. The summed E-state index contributed by atoms with van der Waals surface area (Å²) in [5.74, 6) is 0. The second-order valence-electron chi connectivity index (χ2n) is 3.48. The van der Waals surface area contributed by atoms with E-state index in [9.17, 15) is 4.79 Å². The first-order valence-electron chi connectivity index (χ1n) is 6.04. The zero-order chi connectivity index (χ0) is 12.8. The molecule has 6 nitrogen and oxygen atoms in total. The fourth-order valence-corrected chi connectivity index (χ4v) is 1.07. The number of urea groups is 1. The number of rotatable bonds is 12. The normalized spacial score (nSPS) is 10.4. The molecule has 0 rings (SSSR count). The molecule has 0 atom stereocenters. The number of nitrogens with one attached hydrogen (secondary N) is 1. The first kappa shape index (κ1) is 16.1. The van der Waals surface area contributed by atoms with Crippen LogP contribution in [-0.4, -0.2) is 52.2 Å². The Labute approximate surface area is 103 Å². The van der Waals surface area contributed by atoms with E-state index in [1.54, 1.807) is 0 Å². The van der Waals surface area contributed by atoms with Crippen molar-refractivity contribution in [3.8, 4) is 0 Å². The van der Waals surface area contributed by atoms with Crippen molar-refractivity contribution in [3.05, 3.63) is 0 Å². The van der Waals surface area contributed by atoms with Crippen molar-refractivity contribution in [3.63, 3.8) is 0 Å². The highest BCUT2D eigenvalue weighted by atomic mass is 16.5. The minimum atomic E-state index is -0.500. The van der Waals surface area contributed by atoms with Crippen LogP contribution in [0.4, 0.5) is 4.79 Å². The largest absolute Gasteiger partial charge is 0.379 e. The molecule has 0 aliphatic heterocycles. The van der Waals surface area contributed by atoms with E-state index in [0.717, 1.165) is 19.4 Å². The predicted octanol–water partition coefficient (Wildman–Crippen LogP) is 0.505. The molecule has 0 bridgehead atoms. The van der Waals surface area contributed by atoms with Crippen LogP contribution in [0, 0.1) is 0 Å². The molecule has 6 heteroatoms. The average molecular weight is 248 g/mol. The third-order valence-electron chi connectivity index (χ3n) is 1.86. The Bertz CT molecular complexity index is 179. The summed E-state index contributed by atoms with van der Waals surface area (Å²) in [6, 6.07) is -0.500. The van der Waals surface area contributed by atoms with Crippen LogP contribution in [0.2, 0.25) is 0 Å². The molecular weight excluding hydrogens is 224 g/mol. The molecule has 102 valence electrons. The van der Waals surface area contributed by atoms with Gasteiger partial charge in [-0.3, -0.25) is 0 Å². The first-order valence-corrected chi connectivity index (χ1v) is 6.04. The van der Waals surface area contributed by atoms with Gasteiger partial charge in [-0.25, -0.2) is 4.79 Å². The number of carbonyl (C=O) groups excluding carboxylic acids is 1. The van der Waals surface area contributed by atoms with E-state index in [-0.39, 0.29) is 0 Å². The van der Waals surface area contributed by atoms with E-state index < -0.39 is 6.03 Å². The molecule has 3 N–H and O–H groups in total. The Kier molecular flexibility index (Phi) is 12.6. The van der Waals surface area contributed by atoms with Gasteiger partial charge in [0.2, 0.25) is 0 Å². The van der Waals surface area contributed by atoms with Gasteiger partial charge in [-0.15, -0.1) is 0 Å². The van der Waals surface area contributed by atoms with Gasteiger partial charge in [0, 0.05) is 19.8 Å². The molecule has 2 amide bonds. The van der Waals surface area contributed by atoms with Crippen molar-refractivity contribution in [2.45, 2.75) is 19.8 Å². The smallest absolute Gasteiger partial charge is 0.312 e. The SMILES string of the molecule is CCCOCCOCCOCCCNC(N)=O. The summed E-state index contributed by atoms with van der Waals surface area (Å²) in [5.41, 5.74) is 4.90. The Hall–Kier alpha value is -0.850. The molecule has 17 heavy (non-hydrogen) atoms. The molecule has 0 aromatic rings. The Morgan fingerprint density at radius 3 is 2.06 bits per heavy atom. The lowest BCUT2D eigenvalue weighted by Crippen LogP contribution is -2.30. The molecule has 0 saturated carbocycles. The van der Waals surface area contributed by atoms with E-state index in [0.29, 0.717) is 39.6 Å². The summed E-state index contributed by atoms with van der Waals surface area (Å²) < 4.78 is 15.8. The maximum atomic E-state index is 10.3. The molecule has 0 aliphatic rings. The van der Waals surface area contributed by atoms with Gasteiger partial charge >= 0.3 is 6.03 Å². The molecule has 0 aromatic heterocycles. The average Bonchev–Trinajstić information content (AvgIpc) is 2.30. The first-order chi connectivity index (χ1) is 8.27. The van der Waals surface area contributed by atoms with Crippen molar-refractivity contribution in [1.29, 1.82) is 0 Å². The fraction of sp³-hybridized carbons (Fsp3) is 0.909. The lowest BCUT2D eigenvalue weighted by Gasteiger charge is -2.06. The predicted molar refractivity (Wildman–Crippen MR) is 65.0 cm³/mol. The van der Waals surface area contributed by atoms with Gasteiger partial charge < -0.3 is 25.3 Å². The van der Waals surface area contributed by atoms with Gasteiger partial charge in [0.25, 0.3) is 0 Å². The number of carbonyl (C=O) groups is 1. The second-order valence-corrected chi connectivity index (χ2v) is 3.48. The standard InChI is InChI=1S/C11H24N2O4/c1-2-5-15-7-9-17-10-8-16-6-3-4-13-11(12)14/h2-10H2,1H3,(H3,12,13,14). The van der Waals surface area contributed by atoms with Gasteiger partial charge in [0.05, 0.1) is 26.4 Å². The molecule has 0 aliphatic carbocycles. The zero-order valence-electron chi connectivity index (χ0n) is 10.6. The summed E-state index contributed by atoms with van der Waals surface area (Å²) >= 11 is 0. The molecule has 0 fully saturated rings. The summed E-state index contributed by atoms with van der Waals surface area (Å²) in [4.78, 5) is 10.3. The number of ether oxygens (including phenoxy) is 3. The zero-order valence-corrected chi connectivity index (χ0v) is 10.6.